The maximum Gasteiger partial charge on any atom is 0.335 e. The lowest BCUT2D eigenvalue weighted by atomic mass is 10.1. The Morgan fingerprint density at radius 2 is 1.81 bits per heavy atom. The number of carboxylic acids is 1. The maximum absolute atomic E-state index is 12.1. The van der Waals surface area contributed by atoms with E-state index in [9.17, 15) is 9.59 Å². The van der Waals surface area contributed by atoms with Crippen molar-refractivity contribution < 1.29 is 14.7 Å². The molecule has 21 heavy (non-hydrogen) atoms. The van der Waals surface area contributed by atoms with Crippen molar-refractivity contribution in [2.24, 2.45) is 5.73 Å². The van der Waals surface area contributed by atoms with Gasteiger partial charge in [-0.25, -0.2) is 4.79 Å². The fourth-order valence-corrected chi connectivity index (χ4v) is 2.01. The van der Waals surface area contributed by atoms with Crippen LogP contribution in [0.3, 0.4) is 0 Å². The van der Waals surface area contributed by atoms with Gasteiger partial charge in [0.15, 0.2) is 0 Å². The summed E-state index contributed by atoms with van der Waals surface area (Å²) in [6.45, 7) is 1.68. The molecule has 108 valence electrons. The third-order valence-corrected chi connectivity index (χ3v) is 3.17. The zero-order valence-electron chi connectivity index (χ0n) is 11.5. The molecule has 0 heterocycles. The van der Waals surface area contributed by atoms with Crippen molar-refractivity contribution in [3.05, 3.63) is 65.2 Å². The van der Waals surface area contributed by atoms with Gasteiger partial charge in [0, 0.05) is 5.69 Å². The highest BCUT2D eigenvalue weighted by molar-refractivity contribution is 5.96. The molecule has 0 unspecified atom stereocenters. The predicted molar refractivity (Wildman–Crippen MR) is 80.1 cm³/mol. The van der Waals surface area contributed by atoms with Crippen LogP contribution in [-0.4, -0.2) is 17.0 Å². The zero-order valence-corrected chi connectivity index (χ0v) is 11.5. The molecule has 4 N–H and O–H groups in total. The van der Waals surface area contributed by atoms with E-state index in [1.54, 1.807) is 31.2 Å². The molecule has 1 atom stereocenters. The highest BCUT2D eigenvalue weighted by Crippen LogP contribution is 2.17. The SMILES string of the molecule is Cc1cc(NC(=O)[C@@H](N)c2ccccc2)ccc1C(=O)O. The van der Waals surface area contributed by atoms with Gasteiger partial charge in [-0.3, -0.25) is 4.79 Å². The van der Waals surface area contributed by atoms with Crippen LogP contribution in [-0.2, 0) is 4.79 Å². The van der Waals surface area contributed by atoms with E-state index in [4.69, 9.17) is 10.8 Å². The molecule has 0 radical (unpaired) electrons. The first kappa shape index (κ1) is 14.7. The van der Waals surface area contributed by atoms with E-state index in [1.165, 1.54) is 6.07 Å². The second-order valence-electron chi connectivity index (χ2n) is 4.71. The molecule has 2 aromatic rings. The number of carbonyl (C=O) groups is 2. The fraction of sp³-hybridized carbons (Fsp3) is 0.125. The zero-order chi connectivity index (χ0) is 15.4. The number of amides is 1. The van der Waals surface area contributed by atoms with Gasteiger partial charge < -0.3 is 16.2 Å². The van der Waals surface area contributed by atoms with Crippen LogP contribution in [0.2, 0.25) is 0 Å². The molecule has 0 aliphatic carbocycles. The molecule has 0 aliphatic heterocycles. The second-order valence-corrected chi connectivity index (χ2v) is 4.71. The Morgan fingerprint density at radius 1 is 1.14 bits per heavy atom. The average Bonchev–Trinajstić information content (AvgIpc) is 2.47. The lowest BCUT2D eigenvalue weighted by Gasteiger charge is -2.13. The van der Waals surface area contributed by atoms with Crippen molar-refractivity contribution in [1.82, 2.24) is 0 Å². The van der Waals surface area contributed by atoms with Crippen molar-refractivity contribution in [2.75, 3.05) is 5.32 Å². The summed E-state index contributed by atoms with van der Waals surface area (Å²) < 4.78 is 0. The van der Waals surface area contributed by atoms with Crippen LogP contribution in [0.15, 0.2) is 48.5 Å². The van der Waals surface area contributed by atoms with Crippen LogP contribution in [0.5, 0.6) is 0 Å². The molecule has 0 spiro atoms. The normalized spacial score (nSPS) is 11.7. The number of aromatic carboxylic acids is 1. The van der Waals surface area contributed by atoms with E-state index in [0.29, 0.717) is 16.8 Å². The maximum atomic E-state index is 12.1. The number of carbonyl (C=O) groups excluding carboxylic acids is 1. The topological polar surface area (TPSA) is 92.4 Å². The van der Waals surface area contributed by atoms with Crippen LogP contribution < -0.4 is 11.1 Å². The van der Waals surface area contributed by atoms with Crippen molar-refractivity contribution in [1.29, 1.82) is 0 Å². The third-order valence-electron chi connectivity index (χ3n) is 3.17. The van der Waals surface area contributed by atoms with E-state index < -0.39 is 12.0 Å². The number of hydrogen-bond acceptors (Lipinski definition) is 3. The molecule has 1 amide bonds. The first-order valence-electron chi connectivity index (χ1n) is 6.44. The van der Waals surface area contributed by atoms with Crippen molar-refractivity contribution in [2.45, 2.75) is 13.0 Å². The number of hydrogen-bond donors (Lipinski definition) is 3. The first-order valence-corrected chi connectivity index (χ1v) is 6.44. The molecule has 0 fully saturated rings. The molecular weight excluding hydrogens is 268 g/mol. The monoisotopic (exact) mass is 284 g/mol. The van der Waals surface area contributed by atoms with Gasteiger partial charge in [0.2, 0.25) is 5.91 Å². The van der Waals surface area contributed by atoms with Crippen molar-refractivity contribution in [3.63, 3.8) is 0 Å². The summed E-state index contributed by atoms with van der Waals surface area (Å²) in [5.74, 6) is -1.34. The van der Waals surface area contributed by atoms with Crippen LogP contribution in [0, 0.1) is 6.92 Å². The highest BCUT2D eigenvalue weighted by atomic mass is 16.4. The van der Waals surface area contributed by atoms with E-state index in [2.05, 4.69) is 5.32 Å². The molecule has 5 nitrogen and oxygen atoms in total. The number of nitrogens with two attached hydrogens (primary N) is 1. The van der Waals surface area contributed by atoms with Gasteiger partial charge >= 0.3 is 5.97 Å². The summed E-state index contributed by atoms with van der Waals surface area (Å²) in [5.41, 5.74) is 7.92. The van der Waals surface area contributed by atoms with Gasteiger partial charge in [0.25, 0.3) is 0 Å². The minimum Gasteiger partial charge on any atom is -0.478 e. The van der Waals surface area contributed by atoms with Gasteiger partial charge in [-0.05, 0) is 36.2 Å². The van der Waals surface area contributed by atoms with Gasteiger partial charge in [-0.15, -0.1) is 0 Å². The van der Waals surface area contributed by atoms with Crippen molar-refractivity contribution >= 4 is 17.6 Å². The van der Waals surface area contributed by atoms with E-state index in [0.717, 1.165) is 0 Å². The standard InChI is InChI=1S/C16H16N2O3/c1-10-9-12(7-8-13(10)16(20)21)18-15(19)14(17)11-5-3-2-4-6-11/h2-9,14H,17H2,1H3,(H,18,19)(H,20,21)/t14-/m0/s1. The Labute approximate surface area is 122 Å². The largest absolute Gasteiger partial charge is 0.478 e. The Hall–Kier alpha value is -2.66. The lowest BCUT2D eigenvalue weighted by Crippen LogP contribution is -2.27. The van der Waals surface area contributed by atoms with Gasteiger partial charge in [-0.1, -0.05) is 30.3 Å². The van der Waals surface area contributed by atoms with E-state index in [1.807, 2.05) is 18.2 Å². The van der Waals surface area contributed by atoms with Crippen LogP contribution in [0.4, 0.5) is 5.69 Å². The number of carboxylic acid groups (broad SMARTS) is 1. The molecule has 2 rings (SSSR count). The average molecular weight is 284 g/mol. The minimum absolute atomic E-state index is 0.209. The Balaban J connectivity index is 2.13. The summed E-state index contributed by atoms with van der Waals surface area (Å²) in [5, 5.41) is 11.7. The molecule has 0 bridgehead atoms. The van der Waals surface area contributed by atoms with Crippen molar-refractivity contribution in [3.8, 4) is 0 Å². The molecule has 2 aromatic carbocycles. The number of aryl methyl sites for hydroxylation is 1. The highest BCUT2D eigenvalue weighted by Gasteiger charge is 2.16. The summed E-state index contributed by atoms with van der Waals surface area (Å²) in [6.07, 6.45) is 0. The molecule has 5 heteroatoms. The first-order chi connectivity index (χ1) is 9.99. The number of rotatable bonds is 4. The quantitative estimate of drug-likeness (QED) is 0.803. The fourth-order valence-electron chi connectivity index (χ4n) is 2.01. The third kappa shape index (κ3) is 3.46. The van der Waals surface area contributed by atoms with Gasteiger partial charge in [0.05, 0.1) is 5.56 Å². The van der Waals surface area contributed by atoms with E-state index >= 15 is 0 Å². The van der Waals surface area contributed by atoms with Gasteiger partial charge in [-0.2, -0.15) is 0 Å². The smallest absolute Gasteiger partial charge is 0.335 e. The Morgan fingerprint density at radius 3 is 2.38 bits per heavy atom. The minimum atomic E-state index is -0.994. The summed E-state index contributed by atoms with van der Waals surface area (Å²) in [4.78, 5) is 23.0. The summed E-state index contributed by atoms with van der Waals surface area (Å²) in [7, 11) is 0. The Bertz CT molecular complexity index is 668. The molecule has 0 aromatic heterocycles. The molecule has 0 saturated carbocycles. The molecular formula is C16H16N2O3. The Kier molecular flexibility index (Phi) is 4.35. The predicted octanol–water partition coefficient (Wildman–Crippen LogP) is 2.33. The number of anilines is 1. The summed E-state index contributed by atoms with van der Waals surface area (Å²) in [6, 6.07) is 12.9. The number of benzene rings is 2. The lowest BCUT2D eigenvalue weighted by molar-refractivity contribution is -0.117. The van der Waals surface area contributed by atoms with Crippen LogP contribution in [0.25, 0.3) is 0 Å². The van der Waals surface area contributed by atoms with Gasteiger partial charge in [0.1, 0.15) is 6.04 Å². The van der Waals surface area contributed by atoms with E-state index in [-0.39, 0.29) is 11.5 Å². The molecule has 0 aliphatic rings. The van der Waals surface area contributed by atoms with Crippen LogP contribution in [0.1, 0.15) is 27.5 Å². The second kappa shape index (κ2) is 6.19. The molecule has 0 saturated heterocycles. The summed E-state index contributed by atoms with van der Waals surface area (Å²) >= 11 is 0. The van der Waals surface area contributed by atoms with Crippen LogP contribution >= 0.6 is 0 Å². The number of nitrogens with one attached hydrogen (secondary N) is 1.